The highest BCUT2D eigenvalue weighted by Crippen LogP contribution is 2.38. The van der Waals surface area contributed by atoms with Crippen molar-refractivity contribution in [1.29, 1.82) is 0 Å². The fourth-order valence-electron chi connectivity index (χ4n) is 3.69. The number of carbonyl (C=O) groups is 1. The number of hydroxylamine groups is 3. The molecule has 1 amide bonds. The summed E-state index contributed by atoms with van der Waals surface area (Å²) >= 11 is 0. The molecule has 10 heteroatoms. The van der Waals surface area contributed by atoms with Gasteiger partial charge in [-0.25, -0.2) is 5.21 Å². The van der Waals surface area contributed by atoms with Gasteiger partial charge in [-0.05, 0) is 52.7 Å². The lowest BCUT2D eigenvalue weighted by molar-refractivity contribution is -0.541. The summed E-state index contributed by atoms with van der Waals surface area (Å²) in [6, 6.07) is 2.78. The van der Waals surface area contributed by atoms with E-state index in [2.05, 4.69) is 0 Å². The van der Waals surface area contributed by atoms with E-state index in [0.29, 0.717) is 19.4 Å². The van der Waals surface area contributed by atoms with Crippen LogP contribution < -0.4 is 0 Å². The molecule has 2 aliphatic heterocycles. The van der Waals surface area contributed by atoms with Crippen molar-refractivity contribution in [2.75, 3.05) is 6.54 Å². The summed E-state index contributed by atoms with van der Waals surface area (Å²) in [7, 11) is 0. The highest BCUT2D eigenvalue weighted by molar-refractivity contribution is 5.99. The van der Waals surface area contributed by atoms with Crippen molar-refractivity contribution in [3.8, 4) is 5.75 Å². The molecule has 1 unspecified atom stereocenters. The van der Waals surface area contributed by atoms with Crippen molar-refractivity contribution in [3.63, 3.8) is 0 Å². The minimum absolute atomic E-state index is 0.0375. The number of phenols is 1. The molecule has 2 aliphatic rings. The number of likely N-dealkylation sites (tertiary alicyclic amines) is 1. The van der Waals surface area contributed by atoms with Crippen LogP contribution in [0.5, 0.6) is 5.75 Å². The quantitative estimate of drug-likeness (QED) is 0.348. The standard InChI is InChI=1S/C18H24N4O6/c1-17(2)18(3,4)21(26)15(20(17)25)12-6-5-9-19(12)16(24)11-7-8-14(23)13(10-11)22(27)28/h7-8,10,12,23,25H,5-6,9H2,1-4H3. The number of aromatic hydroxyl groups is 1. The minimum atomic E-state index is -0.925. The van der Waals surface area contributed by atoms with E-state index < -0.39 is 39.4 Å². The lowest BCUT2D eigenvalue weighted by Gasteiger charge is -2.33. The first kappa shape index (κ1) is 19.9. The Morgan fingerprint density at radius 1 is 1.32 bits per heavy atom. The number of nitro groups is 1. The molecule has 1 saturated heterocycles. The van der Waals surface area contributed by atoms with E-state index >= 15 is 0 Å². The van der Waals surface area contributed by atoms with Gasteiger partial charge in [-0.2, -0.15) is 0 Å². The highest BCUT2D eigenvalue weighted by atomic mass is 16.6. The second-order valence-electron chi connectivity index (χ2n) is 8.20. The first-order valence-corrected chi connectivity index (χ1v) is 9.03. The molecule has 1 atom stereocenters. The van der Waals surface area contributed by atoms with Crippen LogP contribution in [0.3, 0.4) is 0 Å². The summed E-state index contributed by atoms with van der Waals surface area (Å²) in [4.78, 5) is 24.7. The molecule has 0 aliphatic carbocycles. The normalized spacial score (nSPS) is 23.4. The Kier molecular flexibility index (Phi) is 4.49. The smallest absolute Gasteiger partial charge is 0.311 e. The number of carbonyl (C=O) groups excluding carboxylic acids is 1. The Labute approximate surface area is 162 Å². The van der Waals surface area contributed by atoms with Crippen LogP contribution in [-0.2, 0) is 0 Å². The fourth-order valence-corrected chi connectivity index (χ4v) is 3.69. The van der Waals surface area contributed by atoms with Gasteiger partial charge >= 0.3 is 11.5 Å². The molecule has 0 radical (unpaired) electrons. The molecule has 0 aromatic heterocycles. The maximum absolute atomic E-state index is 13.0. The number of nitro benzene ring substituents is 1. The summed E-state index contributed by atoms with van der Waals surface area (Å²) in [6.07, 6.45) is 1.12. The average molecular weight is 392 g/mol. The van der Waals surface area contributed by atoms with E-state index in [1.165, 1.54) is 11.0 Å². The second kappa shape index (κ2) is 6.33. The molecule has 2 heterocycles. The minimum Gasteiger partial charge on any atom is -0.715 e. The number of rotatable bonds is 3. The molecule has 0 saturated carbocycles. The second-order valence-corrected chi connectivity index (χ2v) is 8.20. The van der Waals surface area contributed by atoms with Crippen molar-refractivity contribution >= 4 is 17.4 Å². The van der Waals surface area contributed by atoms with Gasteiger partial charge in [0.1, 0.15) is 11.6 Å². The van der Waals surface area contributed by atoms with Gasteiger partial charge in [0.05, 0.1) is 4.92 Å². The molecule has 1 fully saturated rings. The third-order valence-electron chi connectivity index (χ3n) is 6.19. The Balaban J connectivity index is 1.98. The zero-order valence-corrected chi connectivity index (χ0v) is 16.2. The van der Waals surface area contributed by atoms with Crippen molar-refractivity contribution in [2.24, 2.45) is 0 Å². The van der Waals surface area contributed by atoms with Crippen LogP contribution in [0.25, 0.3) is 0 Å². The van der Waals surface area contributed by atoms with Gasteiger partial charge in [-0.1, -0.05) is 0 Å². The van der Waals surface area contributed by atoms with E-state index in [-0.39, 0.29) is 11.4 Å². The lowest BCUT2D eigenvalue weighted by Crippen LogP contribution is -2.55. The van der Waals surface area contributed by atoms with Gasteiger partial charge in [-0.15, -0.1) is 5.06 Å². The maximum atomic E-state index is 13.0. The summed E-state index contributed by atoms with van der Waals surface area (Å²) in [5.74, 6) is -0.933. The summed E-state index contributed by atoms with van der Waals surface area (Å²) < 4.78 is 0.753. The molecule has 152 valence electrons. The van der Waals surface area contributed by atoms with Crippen LogP contribution >= 0.6 is 0 Å². The Bertz CT molecular complexity index is 879. The number of nitrogens with zero attached hydrogens (tertiary/aromatic N) is 4. The Hall–Kier alpha value is -2.88. The molecule has 0 spiro atoms. The van der Waals surface area contributed by atoms with Crippen molar-refractivity contribution in [1.82, 2.24) is 9.96 Å². The predicted octanol–water partition coefficient (Wildman–Crippen LogP) is 2.08. The first-order chi connectivity index (χ1) is 12.9. The lowest BCUT2D eigenvalue weighted by atomic mass is 9.84. The molecule has 10 nitrogen and oxygen atoms in total. The third kappa shape index (κ3) is 2.67. The van der Waals surface area contributed by atoms with Gasteiger partial charge in [0.2, 0.25) is 0 Å². The summed E-state index contributed by atoms with van der Waals surface area (Å²) in [5, 5.41) is 45.2. The number of amidine groups is 1. The first-order valence-electron chi connectivity index (χ1n) is 9.03. The van der Waals surface area contributed by atoms with Crippen molar-refractivity contribution < 1.29 is 24.8 Å². The van der Waals surface area contributed by atoms with Crippen LogP contribution in [-0.4, -0.2) is 65.3 Å². The highest BCUT2D eigenvalue weighted by Gasteiger charge is 2.61. The largest absolute Gasteiger partial charge is 0.715 e. The Morgan fingerprint density at radius 3 is 2.50 bits per heavy atom. The SMILES string of the molecule is CC1(C)N(O)C(C2CCCN2C(=O)c2ccc(O)c([N+](=O)[O-])c2)=[N+]([O-])C1(C)C. The van der Waals surface area contributed by atoms with E-state index in [0.717, 1.165) is 21.9 Å². The topological polar surface area (TPSA) is 133 Å². The molecule has 2 N–H and O–H groups in total. The van der Waals surface area contributed by atoms with Gasteiger partial charge in [0, 0.05) is 18.2 Å². The molecule has 28 heavy (non-hydrogen) atoms. The third-order valence-corrected chi connectivity index (χ3v) is 6.19. The van der Waals surface area contributed by atoms with Gasteiger partial charge in [0.15, 0.2) is 11.3 Å². The van der Waals surface area contributed by atoms with Crippen LogP contribution in [0.15, 0.2) is 18.2 Å². The van der Waals surface area contributed by atoms with Crippen LogP contribution in [0.1, 0.15) is 50.9 Å². The Morgan fingerprint density at radius 2 is 1.96 bits per heavy atom. The van der Waals surface area contributed by atoms with Crippen molar-refractivity contribution in [2.45, 2.75) is 57.7 Å². The maximum Gasteiger partial charge on any atom is 0.311 e. The summed E-state index contributed by atoms with van der Waals surface area (Å²) in [6.45, 7) is 7.29. The molecular weight excluding hydrogens is 368 g/mol. The van der Waals surface area contributed by atoms with E-state index in [9.17, 15) is 30.4 Å². The van der Waals surface area contributed by atoms with E-state index in [4.69, 9.17) is 0 Å². The number of phenolic OH excluding ortho intramolecular Hbond substituents is 1. The predicted molar refractivity (Wildman–Crippen MR) is 99.2 cm³/mol. The average Bonchev–Trinajstić information content (AvgIpc) is 3.13. The number of hydrogen-bond acceptors (Lipinski definition) is 7. The van der Waals surface area contributed by atoms with Gasteiger partial charge in [0.25, 0.3) is 5.91 Å². The molecule has 1 aromatic rings. The van der Waals surface area contributed by atoms with Crippen LogP contribution in [0.4, 0.5) is 5.69 Å². The van der Waals surface area contributed by atoms with E-state index in [1.54, 1.807) is 27.7 Å². The molecular formula is C18H24N4O6. The van der Waals surface area contributed by atoms with Crippen LogP contribution in [0.2, 0.25) is 0 Å². The zero-order valence-electron chi connectivity index (χ0n) is 16.2. The molecule has 3 rings (SSSR count). The molecule has 1 aromatic carbocycles. The van der Waals surface area contributed by atoms with Crippen LogP contribution in [0, 0.1) is 15.3 Å². The monoisotopic (exact) mass is 392 g/mol. The van der Waals surface area contributed by atoms with E-state index in [1.807, 2.05) is 0 Å². The molecule has 0 bridgehead atoms. The fraction of sp³-hybridized carbons (Fsp3) is 0.556. The number of benzene rings is 1. The van der Waals surface area contributed by atoms with Gasteiger partial charge < -0.3 is 15.2 Å². The summed E-state index contributed by atoms with van der Waals surface area (Å²) in [5.41, 5.74) is -2.33. The number of hydrogen-bond donors (Lipinski definition) is 2. The van der Waals surface area contributed by atoms with Crippen molar-refractivity contribution in [3.05, 3.63) is 39.1 Å². The number of amides is 1. The van der Waals surface area contributed by atoms with Gasteiger partial charge in [-0.3, -0.25) is 19.6 Å². The zero-order chi connectivity index (χ0) is 21.0.